The van der Waals surface area contributed by atoms with Crippen molar-refractivity contribution in [2.24, 2.45) is 0 Å². The fourth-order valence-corrected chi connectivity index (χ4v) is 2.34. The SMILES string of the molecule is Cc1ccc(NC(=O)c2ncn(-c3ccc(Cl)cc3)n2)c(C)c1. The Morgan fingerprint density at radius 2 is 1.87 bits per heavy atom. The monoisotopic (exact) mass is 326 g/mol. The van der Waals surface area contributed by atoms with E-state index in [0.717, 1.165) is 22.5 Å². The summed E-state index contributed by atoms with van der Waals surface area (Å²) in [6, 6.07) is 13.0. The van der Waals surface area contributed by atoms with Crippen molar-refractivity contribution in [3.63, 3.8) is 0 Å². The van der Waals surface area contributed by atoms with Gasteiger partial charge in [0.1, 0.15) is 6.33 Å². The number of rotatable bonds is 3. The third-order valence-electron chi connectivity index (χ3n) is 3.42. The Morgan fingerprint density at radius 1 is 1.13 bits per heavy atom. The number of carbonyl (C=O) groups excluding carboxylic acids is 1. The molecule has 0 radical (unpaired) electrons. The molecule has 0 bridgehead atoms. The number of hydrogen-bond donors (Lipinski definition) is 1. The Hall–Kier alpha value is -2.66. The van der Waals surface area contributed by atoms with Gasteiger partial charge in [0, 0.05) is 10.7 Å². The van der Waals surface area contributed by atoms with E-state index in [-0.39, 0.29) is 11.7 Å². The number of benzene rings is 2. The van der Waals surface area contributed by atoms with Crippen LogP contribution in [0.5, 0.6) is 0 Å². The lowest BCUT2D eigenvalue weighted by atomic mass is 10.1. The largest absolute Gasteiger partial charge is 0.319 e. The first kappa shape index (κ1) is 15.2. The standard InChI is InChI=1S/C17H15ClN4O/c1-11-3-8-15(12(2)9-11)20-17(23)16-19-10-22(21-16)14-6-4-13(18)5-7-14/h3-10H,1-2H3,(H,20,23). The summed E-state index contributed by atoms with van der Waals surface area (Å²) in [5.74, 6) is -0.232. The molecule has 0 fully saturated rings. The Kier molecular flexibility index (Phi) is 4.12. The predicted molar refractivity (Wildman–Crippen MR) is 90.2 cm³/mol. The second-order valence-corrected chi connectivity index (χ2v) is 5.70. The van der Waals surface area contributed by atoms with E-state index in [0.29, 0.717) is 5.02 Å². The number of carbonyl (C=O) groups is 1. The maximum Gasteiger partial charge on any atom is 0.295 e. The molecule has 1 N–H and O–H groups in total. The second kappa shape index (κ2) is 6.22. The highest BCUT2D eigenvalue weighted by atomic mass is 35.5. The van der Waals surface area contributed by atoms with E-state index in [2.05, 4.69) is 15.4 Å². The van der Waals surface area contributed by atoms with Gasteiger partial charge in [0.2, 0.25) is 5.82 Å². The van der Waals surface area contributed by atoms with Crippen LogP contribution in [0.15, 0.2) is 48.8 Å². The van der Waals surface area contributed by atoms with Crippen molar-refractivity contribution in [2.75, 3.05) is 5.32 Å². The van der Waals surface area contributed by atoms with E-state index in [4.69, 9.17) is 11.6 Å². The van der Waals surface area contributed by atoms with Gasteiger partial charge < -0.3 is 5.32 Å². The summed E-state index contributed by atoms with van der Waals surface area (Å²) in [6.45, 7) is 3.95. The van der Waals surface area contributed by atoms with E-state index in [9.17, 15) is 4.79 Å². The van der Waals surface area contributed by atoms with Crippen LogP contribution in [0.4, 0.5) is 5.69 Å². The van der Waals surface area contributed by atoms with Gasteiger partial charge in [-0.25, -0.2) is 9.67 Å². The molecule has 0 aliphatic rings. The third-order valence-corrected chi connectivity index (χ3v) is 3.67. The number of amides is 1. The van der Waals surface area contributed by atoms with Gasteiger partial charge in [0.15, 0.2) is 0 Å². The van der Waals surface area contributed by atoms with Gasteiger partial charge in [-0.15, -0.1) is 5.10 Å². The Morgan fingerprint density at radius 3 is 2.57 bits per heavy atom. The summed E-state index contributed by atoms with van der Waals surface area (Å²) in [6.07, 6.45) is 1.50. The van der Waals surface area contributed by atoms with Crippen LogP contribution in [0.3, 0.4) is 0 Å². The second-order valence-electron chi connectivity index (χ2n) is 5.26. The first-order chi connectivity index (χ1) is 11.0. The highest BCUT2D eigenvalue weighted by Crippen LogP contribution is 2.17. The number of anilines is 1. The van der Waals surface area contributed by atoms with Crippen LogP contribution in [0.2, 0.25) is 5.02 Å². The molecule has 1 heterocycles. The molecule has 0 saturated carbocycles. The third kappa shape index (κ3) is 3.40. The van der Waals surface area contributed by atoms with E-state index >= 15 is 0 Å². The fraction of sp³-hybridized carbons (Fsp3) is 0.118. The Bertz CT molecular complexity index is 855. The van der Waals surface area contributed by atoms with E-state index < -0.39 is 0 Å². The van der Waals surface area contributed by atoms with Crippen molar-refractivity contribution in [3.8, 4) is 5.69 Å². The average molecular weight is 327 g/mol. The highest BCUT2D eigenvalue weighted by Gasteiger charge is 2.13. The Balaban J connectivity index is 1.79. The van der Waals surface area contributed by atoms with Crippen LogP contribution in [0.1, 0.15) is 21.7 Å². The van der Waals surface area contributed by atoms with Crippen LogP contribution in [-0.2, 0) is 0 Å². The zero-order valence-electron chi connectivity index (χ0n) is 12.7. The van der Waals surface area contributed by atoms with Gasteiger partial charge in [-0.05, 0) is 49.7 Å². The molecule has 0 spiro atoms. The quantitative estimate of drug-likeness (QED) is 0.796. The molecular weight excluding hydrogens is 312 g/mol. The molecule has 1 aromatic heterocycles. The molecule has 5 nitrogen and oxygen atoms in total. The molecule has 0 aliphatic heterocycles. The average Bonchev–Trinajstić information content (AvgIpc) is 3.01. The van der Waals surface area contributed by atoms with Crippen LogP contribution in [0, 0.1) is 13.8 Å². The topological polar surface area (TPSA) is 59.8 Å². The first-order valence-corrected chi connectivity index (χ1v) is 7.47. The molecule has 116 valence electrons. The molecule has 6 heteroatoms. The minimum absolute atomic E-state index is 0.111. The number of aryl methyl sites for hydroxylation is 2. The summed E-state index contributed by atoms with van der Waals surface area (Å²) in [5, 5.41) is 7.67. The van der Waals surface area contributed by atoms with E-state index in [1.165, 1.54) is 11.0 Å². The van der Waals surface area contributed by atoms with Crippen LogP contribution in [0.25, 0.3) is 5.69 Å². The van der Waals surface area contributed by atoms with Crippen molar-refractivity contribution < 1.29 is 4.79 Å². The molecule has 23 heavy (non-hydrogen) atoms. The Labute approximate surface area is 138 Å². The normalized spacial score (nSPS) is 10.6. The van der Waals surface area contributed by atoms with Crippen LogP contribution in [-0.4, -0.2) is 20.7 Å². The maximum atomic E-state index is 12.3. The summed E-state index contributed by atoms with van der Waals surface area (Å²) >= 11 is 5.86. The van der Waals surface area contributed by atoms with Crippen LogP contribution >= 0.6 is 11.6 Å². The fourth-order valence-electron chi connectivity index (χ4n) is 2.22. The van der Waals surface area contributed by atoms with Crippen molar-refractivity contribution in [3.05, 3.63) is 70.8 Å². The molecule has 0 atom stereocenters. The zero-order valence-corrected chi connectivity index (χ0v) is 13.5. The molecule has 3 aromatic rings. The summed E-state index contributed by atoms with van der Waals surface area (Å²) in [5.41, 5.74) is 3.68. The van der Waals surface area contributed by atoms with Gasteiger partial charge in [0.05, 0.1) is 5.69 Å². The predicted octanol–water partition coefficient (Wildman–Crippen LogP) is 3.79. The lowest BCUT2D eigenvalue weighted by Gasteiger charge is -2.07. The number of nitrogens with one attached hydrogen (secondary N) is 1. The van der Waals surface area contributed by atoms with Gasteiger partial charge in [-0.1, -0.05) is 29.3 Å². The number of halogens is 1. The maximum absolute atomic E-state index is 12.3. The molecule has 1 amide bonds. The zero-order chi connectivity index (χ0) is 16.4. The summed E-state index contributed by atoms with van der Waals surface area (Å²) in [4.78, 5) is 16.3. The summed E-state index contributed by atoms with van der Waals surface area (Å²) < 4.78 is 1.53. The van der Waals surface area contributed by atoms with Crippen LogP contribution < -0.4 is 5.32 Å². The molecular formula is C17H15ClN4O. The molecule has 2 aromatic carbocycles. The minimum Gasteiger partial charge on any atom is -0.319 e. The van der Waals surface area contributed by atoms with E-state index in [1.54, 1.807) is 12.1 Å². The van der Waals surface area contributed by atoms with E-state index in [1.807, 2.05) is 44.2 Å². The number of nitrogens with zero attached hydrogens (tertiary/aromatic N) is 3. The number of hydrogen-bond acceptors (Lipinski definition) is 3. The molecule has 0 saturated heterocycles. The lowest BCUT2D eigenvalue weighted by Crippen LogP contribution is -2.15. The van der Waals surface area contributed by atoms with Crippen molar-refractivity contribution >= 4 is 23.2 Å². The molecule has 0 aliphatic carbocycles. The minimum atomic E-state index is -0.343. The van der Waals surface area contributed by atoms with Gasteiger partial charge >= 0.3 is 0 Å². The smallest absolute Gasteiger partial charge is 0.295 e. The van der Waals surface area contributed by atoms with Crippen molar-refractivity contribution in [1.29, 1.82) is 0 Å². The lowest BCUT2D eigenvalue weighted by molar-refractivity contribution is 0.101. The first-order valence-electron chi connectivity index (χ1n) is 7.09. The van der Waals surface area contributed by atoms with Gasteiger partial charge in [-0.2, -0.15) is 0 Å². The van der Waals surface area contributed by atoms with Gasteiger partial charge in [0.25, 0.3) is 5.91 Å². The molecule has 0 unspecified atom stereocenters. The summed E-state index contributed by atoms with van der Waals surface area (Å²) in [7, 11) is 0. The van der Waals surface area contributed by atoms with Crippen molar-refractivity contribution in [2.45, 2.75) is 13.8 Å². The number of aromatic nitrogens is 3. The van der Waals surface area contributed by atoms with Gasteiger partial charge in [-0.3, -0.25) is 4.79 Å². The molecule has 3 rings (SSSR count). The van der Waals surface area contributed by atoms with Crippen molar-refractivity contribution in [1.82, 2.24) is 14.8 Å². The highest BCUT2D eigenvalue weighted by molar-refractivity contribution is 6.30.